The maximum atomic E-state index is 13.4. The molecule has 2 aliphatic rings. The maximum absolute atomic E-state index is 13.4. The smallest absolute Gasteiger partial charge is 0.254 e. The first-order chi connectivity index (χ1) is 17.5. The third kappa shape index (κ3) is 3.78. The van der Waals surface area contributed by atoms with E-state index in [0.717, 1.165) is 34.6 Å². The molecule has 4 aromatic rings. The van der Waals surface area contributed by atoms with E-state index in [1.165, 1.54) is 12.8 Å². The summed E-state index contributed by atoms with van der Waals surface area (Å²) in [4.78, 5) is 24.8. The Morgan fingerprint density at radius 2 is 2.11 bits per heavy atom. The summed E-state index contributed by atoms with van der Waals surface area (Å²) < 4.78 is 10.0. The third-order valence-electron chi connectivity index (χ3n) is 7.38. The first-order valence-corrected chi connectivity index (χ1v) is 12.4. The molecule has 2 atom stereocenters. The summed E-state index contributed by atoms with van der Waals surface area (Å²) in [5.74, 6) is 1.63. The largest absolute Gasteiger partial charge is 0.494 e. The van der Waals surface area contributed by atoms with Gasteiger partial charge in [0.25, 0.3) is 5.91 Å². The topological polar surface area (TPSA) is 115 Å². The van der Waals surface area contributed by atoms with Gasteiger partial charge in [-0.1, -0.05) is 0 Å². The van der Waals surface area contributed by atoms with Crippen LogP contribution < -0.4 is 10.5 Å². The van der Waals surface area contributed by atoms with E-state index >= 15 is 0 Å². The molecule has 1 amide bonds. The van der Waals surface area contributed by atoms with E-state index in [2.05, 4.69) is 27.8 Å². The third-order valence-corrected chi connectivity index (χ3v) is 7.38. The maximum Gasteiger partial charge on any atom is 0.254 e. The van der Waals surface area contributed by atoms with Crippen LogP contribution in [-0.2, 0) is 13.6 Å². The number of piperidine rings is 1. The molecule has 3 aromatic heterocycles. The number of nitrogens with zero attached hydrogens (tertiary/aromatic N) is 6. The van der Waals surface area contributed by atoms with E-state index in [0.29, 0.717) is 42.3 Å². The molecular weight excluding hydrogens is 454 g/mol. The number of aromatic nitrogens is 4. The highest BCUT2D eigenvalue weighted by Gasteiger charge is 2.30. The van der Waals surface area contributed by atoms with E-state index in [1.807, 2.05) is 29.9 Å². The number of methoxy groups -OCH3 is 1. The Hall–Kier alpha value is -3.90. The number of nitrogens with two attached hydrogens (primary N) is 1. The first kappa shape index (κ1) is 22.6. The minimum atomic E-state index is -0.258. The van der Waals surface area contributed by atoms with Crippen molar-refractivity contribution in [3.05, 3.63) is 42.1 Å². The Morgan fingerprint density at radius 1 is 1.28 bits per heavy atom. The number of benzene rings is 1. The van der Waals surface area contributed by atoms with Crippen LogP contribution in [0, 0.1) is 23.2 Å². The summed E-state index contributed by atoms with van der Waals surface area (Å²) >= 11 is 0. The molecule has 2 fully saturated rings. The Bertz CT molecular complexity index is 1520. The van der Waals surface area contributed by atoms with Crippen LogP contribution in [0.25, 0.3) is 33.6 Å². The second kappa shape index (κ2) is 8.64. The zero-order valence-electron chi connectivity index (χ0n) is 20.5. The Morgan fingerprint density at radius 3 is 2.86 bits per heavy atom. The van der Waals surface area contributed by atoms with Crippen LogP contribution >= 0.6 is 0 Å². The van der Waals surface area contributed by atoms with Crippen molar-refractivity contribution >= 4 is 28.0 Å². The second-order valence-electron chi connectivity index (χ2n) is 10.1. The number of nitriles is 1. The molecule has 1 saturated carbocycles. The number of imidazole rings is 1. The molecule has 0 bridgehead atoms. The highest BCUT2D eigenvalue weighted by atomic mass is 16.5. The molecule has 36 heavy (non-hydrogen) atoms. The summed E-state index contributed by atoms with van der Waals surface area (Å²) in [6.45, 7) is 1.72. The van der Waals surface area contributed by atoms with Gasteiger partial charge in [0.15, 0.2) is 5.82 Å². The SMILES string of the molecule is COc1cc(C(=O)N2CC(C#N)C[C@@H](N)C2)cc2nc(-c3cc4cccnc4n3CC3CC3)n(C)c12. The number of fused-ring (bicyclic) bond motifs is 2. The molecule has 2 N–H and O–H groups in total. The number of rotatable bonds is 5. The Labute approximate surface area is 209 Å². The summed E-state index contributed by atoms with van der Waals surface area (Å²) in [6, 6.07) is 11.8. The van der Waals surface area contributed by atoms with Crippen molar-refractivity contribution in [3.8, 4) is 23.3 Å². The molecule has 1 aromatic carbocycles. The van der Waals surface area contributed by atoms with Gasteiger partial charge >= 0.3 is 0 Å². The molecule has 9 nitrogen and oxygen atoms in total. The fourth-order valence-corrected chi connectivity index (χ4v) is 5.41. The number of amides is 1. The first-order valence-electron chi connectivity index (χ1n) is 12.4. The fourth-order valence-electron chi connectivity index (χ4n) is 5.41. The summed E-state index contributed by atoms with van der Waals surface area (Å²) in [5.41, 5.74) is 10.1. The molecule has 1 unspecified atom stereocenters. The lowest BCUT2D eigenvalue weighted by Crippen LogP contribution is -2.49. The van der Waals surface area contributed by atoms with E-state index in [9.17, 15) is 10.1 Å². The van der Waals surface area contributed by atoms with Gasteiger partial charge in [0.1, 0.15) is 16.9 Å². The molecule has 4 heterocycles. The Balaban J connectivity index is 1.45. The van der Waals surface area contributed by atoms with Gasteiger partial charge in [0, 0.05) is 49.9 Å². The van der Waals surface area contributed by atoms with Gasteiger partial charge in [0.05, 0.1) is 30.3 Å². The van der Waals surface area contributed by atoms with Gasteiger partial charge in [-0.05, 0) is 55.5 Å². The number of carbonyl (C=O) groups excluding carboxylic acids is 1. The minimum Gasteiger partial charge on any atom is -0.494 e. The van der Waals surface area contributed by atoms with Gasteiger partial charge in [-0.15, -0.1) is 0 Å². The van der Waals surface area contributed by atoms with Crippen LogP contribution in [0.4, 0.5) is 0 Å². The van der Waals surface area contributed by atoms with Crippen LogP contribution in [0.2, 0.25) is 0 Å². The number of aryl methyl sites for hydroxylation is 1. The van der Waals surface area contributed by atoms with Crippen LogP contribution in [0.1, 0.15) is 29.6 Å². The number of pyridine rings is 1. The van der Waals surface area contributed by atoms with Gasteiger partial charge in [-0.25, -0.2) is 9.97 Å². The van der Waals surface area contributed by atoms with Gasteiger partial charge in [-0.2, -0.15) is 5.26 Å². The molecule has 1 saturated heterocycles. The summed E-state index contributed by atoms with van der Waals surface area (Å²) in [7, 11) is 3.58. The lowest BCUT2D eigenvalue weighted by atomic mass is 9.95. The zero-order valence-corrected chi connectivity index (χ0v) is 20.5. The lowest BCUT2D eigenvalue weighted by Gasteiger charge is -2.33. The van der Waals surface area contributed by atoms with Crippen molar-refractivity contribution in [1.82, 2.24) is 24.0 Å². The van der Waals surface area contributed by atoms with E-state index < -0.39 is 0 Å². The van der Waals surface area contributed by atoms with Crippen LogP contribution in [-0.4, -0.2) is 56.2 Å². The quantitative estimate of drug-likeness (QED) is 0.466. The van der Waals surface area contributed by atoms with Crippen LogP contribution in [0.3, 0.4) is 0 Å². The van der Waals surface area contributed by atoms with Gasteiger partial charge in [-0.3, -0.25) is 4.79 Å². The normalized spacial score (nSPS) is 20.1. The number of hydrogen-bond donors (Lipinski definition) is 1. The highest BCUT2D eigenvalue weighted by molar-refractivity contribution is 6.00. The molecule has 9 heteroatoms. The van der Waals surface area contributed by atoms with Crippen molar-refractivity contribution in [2.45, 2.75) is 31.8 Å². The monoisotopic (exact) mass is 483 g/mol. The van der Waals surface area contributed by atoms with Gasteiger partial charge in [0.2, 0.25) is 0 Å². The molecule has 0 spiro atoms. The predicted molar refractivity (Wildman–Crippen MR) is 136 cm³/mol. The minimum absolute atomic E-state index is 0.162. The molecule has 1 aliphatic heterocycles. The van der Waals surface area contributed by atoms with E-state index in [-0.39, 0.29) is 17.9 Å². The lowest BCUT2D eigenvalue weighted by molar-refractivity contribution is 0.0679. The number of ether oxygens (including phenoxy) is 1. The van der Waals surface area contributed by atoms with Crippen molar-refractivity contribution in [3.63, 3.8) is 0 Å². The van der Waals surface area contributed by atoms with Crippen molar-refractivity contribution in [2.75, 3.05) is 20.2 Å². The van der Waals surface area contributed by atoms with Gasteiger partial charge < -0.3 is 24.5 Å². The Kier molecular flexibility index (Phi) is 5.41. The average Bonchev–Trinajstić information content (AvgIpc) is 3.56. The molecular formula is C27H29N7O2. The van der Waals surface area contributed by atoms with Crippen molar-refractivity contribution in [1.29, 1.82) is 5.26 Å². The average molecular weight is 484 g/mol. The molecule has 184 valence electrons. The number of hydrogen-bond acceptors (Lipinski definition) is 6. The summed E-state index contributed by atoms with van der Waals surface area (Å²) in [6.07, 6.45) is 4.91. The predicted octanol–water partition coefficient (Wildman–Crippen LogP) is 3.32. The number of likely N-dealkylation sites (tertiary alicyclic amines) is 1. The van der Waals surface area contributed by atoms with Crippen LogP contribution in [0.5, 0.6) is 5.75 Å². The van der Waals surface area contributed by atoms with E-state index in [1.54, 1.807) is 18.1 Å². The van der Waals surface area contributed by atoms with Crippen molar-refractivity contribution in [2.24, 2.45) is 24.6 Å². The molecule has 1 aliphatic carbocycles. The van der Waals surface area contributed by atoms with Crippen LogP contribution in [0.15, 0.2) is 36.5 Å². The van der Waals surface area contributed by atoms with E-state index in [4.69, 9.17) is 15.5 Å². The molecule has 0 radical (unpaired) electrons. The number of carbonyl (C=O) groups is 1. The highest BCUT2D eigenvalue weighted by Crippen LogP contribution is 2.37. The standard InChI is InChI=1S/C27H29N7O2/c1-32-24-21(9-19(11-23(24)36-2)27(35)33-13-17(12-28)8-20(29)15-33)31-26(32)22-10-18-4-3-7-30-25(18)34(22)14-16-5-6-16/h3-4,7,9-11,16-17,20H,5-6,8,13-15,29H2,1-2H3/t17?,20-/m1/s1. The molecule has 6 rings (SSSR count). The zero-order chi connectivity index (χ0) is 25.0. The fraction of sp³-hybridized carbons (Fsp3) is 0.407. The summed E-state index contributed by atoms with van der Waals surface area (Å²) in [5, 5.41) is 10.5. The second-order valence-corrected chi connectivity index (χ2v) is 10.1. The van der Waals surface area contributed by atoms with Crippen molar-refractivity contribution < 1.29 is 9.53 Å².